The van der Waals surface area contributed by atoms with Crippen LogP contribution < -0.4 is 4.18 Å². The quantitative estimate of drug-likeness (QED) is 0.632. The van der Waals surface area contributed by atoms with Gasteiger partial charge in [-0.2, -0.15) is 21.6 Å². The lowest BCUT2D eigenvalue weighted by atomic mass is 9.98. The molecule has 0 unspecified atom stereocenters. The average molecular weight is 294 g/mol. The molecule has 19 heavy (non-hydrogen) atoms. The monoisotopic (exact) mass is 294 g/mol. The highest BCUT2D eigenvalue weighted by atomic mass is 32.2. The molecule has 2 rings (SSSR count). The topological polar surface area (TPSA) is 43.4 Å². The van der Waals surface area contributed by atoms with Crippen molar-refractivity contribution in [3.05, 3.63) is 29.8 Å². The predicted octanol–water partition coefficient (Wildman–Crippen LogP) is 3.57. The molecule has 0 spiro atoms. The van der Waals surface area contributed by atoms with E-state index < -0.39 is 15.6 Å². The number of benzene rings is 1. The molecule has 0 heterocycles. The third kappa shape index (κ3) is 3.20. The molecular formula is C12H13F3O3S. The smallest absolute Gasteiger partial charge is 0.376 e. The van der Waals surface area contributed by atoms with Crippen molar-refractivity contribution in [3.63, 3.8) is 0 Å². The van der Waals surface area contributed by atoms with Crippen molar-refractivity contribution in [3.8, 4) is 5.75 Å². The van der Waals surface area contributed by atoms with Crippen LogP contribution in [0.15, 0.2) is 24.3 Å². The van der Waals surface area contributed by atoms with Crippen molar-refractivity contribution in [2.75, 3.05) is 0 Å². The molecule has 3 nitrogen and oxygen atoms in total. The zero-order valence-electron chi connectivity index (χ0n) is 9.98. The van der Waals surface area contributed by atoms with Crippen molar-refractivity contribution < 1.29 is 25.8 Å². The molecule has 0 radical (unpaired) electrons. The highest BCUT2D eigenvalue weighted by molar-refractivity contribution is 7.87. The van der Waals surface area contributed by atoms with Crippen molar-refractivity contribution in [1.29, 1.82) is 0 Å². The van der Waals surface area contributed by atoms with E-state index >= 15 is 0 Å². The van der Waals surface area contributed by atoms with Gasteiger partial charge in [0.1, 0.15) is 5.75 Å². The Labute approximate surface area is 109 Å². The molecule has 0 aromatic heterocycles. The Hall–Kier alpha value is -1.24. The lowest BCUT2D eigenvalue weighted by Gasteiger charge is -2.12. The number of alkyl halides is 3. The third-order valence-electron chi connectivity index (χ3n) is 3.20. The van der Waals surface area contributed by atoms with Crippen molar-refractivity contribution >= 4 is 10.1 Å². The normalized spacial score (nSPS) is 17.6. The lowest BCUT2D eigenvalue weighted by Crippen LogP contribution is -2.28. The van der Waals surface area contributed by atoms with E-state index in [1.165, 1.54) is 12.1 Å². The summed E-state index contributed by atoms with van der Waals surface area (Å²) in [5, 5.41) is 0. The molecule has 106 valence electrons. The summed E-state index contributed by atoms with van der Waals surface area (Å²) >= 11 is 0. The minimum absolute atomic E-state index is 0.320. The van der Waals surface area contributed by atoms with Crippen molar-refractivity contribution in [1.82, 2.24) is 0 Å². The van der Waals surface area contributed by atoms with Crippen LogP contribution in [0.4, 0.5) is 13.2 Å². The third-order valence-corrected chi connectivity index (χ3v) is 4.17. The van der Waals surface area contributed by atoms with Gasteiger partial charge in [0.15, 0.2) is 0 Å². The van der Waals surface area contributed by atoms with Crippen LogP contribution in [0.3, 0.4) is 0 Å². The highest BCUT2D eigenvalue weighted by Gasteiger charge is 2.48. The molecule has 0 bridgehead atoms. The van der Waals surface area contributed by atoms with Crippen LogP contribution in [0, 0.1) is 0 Å². The summed E-state index contributed by atoms with van der Waals surface area (Å²) in [5.41, 5.74) is -4.40. The standard InChI is InChI=1S/C12H13F3O3S/c13-12(14,15)19(16,17)18-11-7-5-10(6-8-11)9-3-1-2-4-9/h5-9H,1-4H2. The summed E-state index contributed by atoms with van der Waals surface area (Å²) < 4.78 is 62.1. The fourth-order valence-corrected chi connectivity index (χ4v) is 2.69. The maximum absolute atomic E-state index is 12.1. The first-order valence-corrected chi connectivity index (χ1v) is 7.31. The Morgan fingerprint density at radius 1 is 1.05 bits per heavy atom. The number of rotatable bonds is 3. The van der Waals surface area contributed by atoms with Gasteiger partial charge in [0.05, 0.1) is 0 Å². The van der Waals surface area contributed by atoms with Gasteiger partial charge in [0, 0.05) is 0 Å². The van der Waals surface area contributed by atoms with Gasteiger partial charge in [-0.05, 0) is 36.5 Å². The molecule has 7 heteroatoms. The SMILES string of the molecule is O=S(=O)(Oc1ccc(C2CCCC2)cc1)C(F)(F)F. The van der Waals surface area contributed by atoms with Gasteiger partial charge in [-0.25, -0.2) is 0 Å². The van der Waals surface area contributed by atoms with Gasteiger partial charge in [-0.15, -0.1) is 0 Å². The van der Waals surface area contributed by atoms with E-state index in [4.69, 9.17) is 0 Å². The van der Waals surface area contributed by atoms with Crippen molar-refractivity contribution in [2.24, 2.45) is 0 Å². The first-order valence-electron chi connectivity index (χ1n) is 5.90. The Morgan fingerprint density at radius 2 is 1.58 bits per heavy atom. The number of hydrogen-bond acceptors (Lipinski definition) is 3. The van der Waals surface area contributed by atoms with E-state index in [-0.39, 0.29) is 5.75 Å². The Bertz CT molecular complexity index is 528. The van der Waals surface area contributed by atoms with Gasteiger partial charge < -0.3 is 4.18 Å². The van der Waals surface area contributed by atoms with Gasteiger partial charge in [-0.1, -0.05) is 25.0 Å². The lowest BCUT2D eigenvalue weighted by molar-refractivity contribution is -0.0500. The second-order valence-corrected chi connectivity index (χ2v) is 6.07. The van der Waals surface area contributed by atoms with Crippen LogP contribution in [-0.2, 0) is 10.1 Å². The van der Waals surface area contributed by atoms with E-state index in [0.29, 0.717) is 5.92 Å². The maximum atomic E-state index is 12.1. The highest BCUT2D eigenvalue weighted by Crippen LogP contribution is 2.35. The maximum Gasteiger partial charge on any atom is 0.534 e. The summed E-state index contributed by atoms with van der Waals surface area (Å²) in [7, 11) is -5.58. The fourth-order valence-electron chi connectivity index (χ4n) is 2.23. The predicted molar refractivity (Wildman–Crippen MR) is 63.3 cm³/mol. The molecule has 1 fully saturated rings. The van der Waals surface area contributed by atoms with E-state index in [0.717, 1.165) is 31.2 Å². The average Bonchev–Trinajstić information content (AvgIpc) is 2.81. The van der Waals surface area contributed by atoms with Crippen LogP contribution in [-0.4, -0.2) is 13.9 Å². The second-order valence-electron chi connectivity index (χ2n) is 4.53. The zero-order valence-corrected chi connectivity index (χ0v) is 10.8. The van der Waals surface area contributed by atoms with Gasteiger partial charge in [0.25, 0.3) is 0 Å². The van der Waals surface area contributed by atoms with Crippen LogP contribution in [0.5, 0.6) is 5.75 Å². The Morgan fingerprint density at radius 3 is 2.05 bits per heavy atom. The Kier molecular flexibility index (Phi) is 3.75. The molecule has 0 amide bonds. The second kappa shape index (κ2) is 5.03. The van der Waals surface area contributed by atoms with E-state index in [2.05, 4.69) is 4.18 Å². The fraction of sp³-hybridized carbons (Fsp3) is 0.500. The van der Waals surface area contributed by atoms with Crippen LogP contribution >= 0.6 is 0 Å². The van der Waals surface area contributed by atoms with Gasteiger partial charge in [0.2, 0.25) is 0 Å². The van der Waals surface area contributed by atoms with E-state index in [1.54, 1.807) is 12.1 Å². The number of hydrogen-bond donors (Lipinski definition) is 0. The first kappa shape index (κ1) is 14.2. The summed E-state index contributed by atoms with van der Waals surface area (Å²) in [6, 6.07) is 5.77. The van der Waals surface area contributed by atoms with Gasteiger partial charge >= 0.3 is 15.6 Å². The van der Waals surface area contributed by atoms with Gasteiger partial charge in [-0.3, -0.25) is 0 Å². The molecule has 1 aromatic carbocycles. The molecule has 1 saturated carbocycles. The van der Waals surface area contributed by atoms with Crippen LogP contribution in [0.1, 0.15) is 37.2 Å². The van der Waals surface area contributed by atoms with E-state index in [1.807, 2.05) is 0 Å². The molecule has 0 N–H and O–H groups in total. The first-order chi connectivity index (χ1) is 8.79. The number of halogens is 3. The molecule has 0 atom stereocenters. The zero-order chi connectivity index (χ0) is 14.1. The summed E-state index contributed by atoms with van der Waals surface area (Å²) in [4.78, 5) is 0. The molecule has 1 aromatic rings. The Balaban J connectivity index is 2.11. The van der Waals surface area contributed by atoms with Crippen molar-refractivity contribution in [2.45, 2.75) is 37.1 Å². The van der Waals surface area contributed by atoms with Crippen LogP contribution in [0.2, 0.25) is 0 Å². The molecule has 1 aliphatic rings. The summed E-state index contributed by atoms with van der Waals surface area (Å²) in [6.07, 6.45) is 4.40. The molecular weight excluding hydrogens is 281 g/mol. The van der Waals surface area contributed by atoms with Crippen LogP contribution in [0.25, 0.3) is 0 Å². The minimum Gasteiger partial charge on any atom is -0.376 e. The molecule has 0 aliphatic heterocycles. The van der Waals surface area contributed by atoms with E-state index in [9.17, 15) is 21.6 Å². The summed E-state index contributed by atoms with van der Waals surface area (Å²) in [6.45, 7) is 0. The minimum atomic E-state index is -5.58. The molecule has 0 saturated heterocycles. The molecule has 1 aliphatic carbocycles. The largest absolute Gasteiger partial charge is 0.534 e. The summed E-state index contributed by atoms with van der Waals surface area (Å²) in [5.74, 6) is 0.0901.